The number of hydrogen-bond donors (Lipinski definition) is 0. The van der Waals surface area contributed by atoms with Gasteiger partial charge in [-0.2, -0.15) is 0 Å². The second kappa shape index (κ2) is 8.98. The van der Waals surface area contributed by atoms with E-state index in [1.54, 1.807) is 0 Å². The molecule has 0 spiro atoms. The summed E-state index contributed by atoms with van der Waals surface area (Å²) in [4.78, 5) is 83.3. The minimum absolute atomic E-state index is 0.00707. The van der Waals surface area contributed by atoms with Crippen LogP contribution in [0.25, 0.3) is 0 Å². The summed E-state index contributed by atoms with van der Waals surface area (Å²) < 4.78 is 14.8. The Labute approximate surface area is 210 Å². The maximum Gasteiger partial charge on any atom is 0.534 e. The van der Waals surface area contributed by atoms with Crippen LogP contribution in [0.4, 0.5) is 9.59 Å². The summed E-state index contributed by atoms with van der Waals surface area (Å²) in [6.07, 6.45) is 6.81. The Balaban J connectivity index is 0.848. The van der Waals surface area contributed by atoms with Crippen molar-refractivity contribution >= 4 is 35.9 Å². The highest BCUT2D eigenvalue weighted by Gasteiger charge is 2.62. The van der Waals surface area contributed by atoms with E-state index in [9.17, 15) is 28.8 Å². The van der Waals surface area contributed by atoms with Gasteiger partial charge in [0, 0.05) is 0 Å². The van der Waals surface area contributed by atoms with E-state index >= 15 is 0 Å². The first kappa shape index (κ1) is 23.6. The van der Waals surface area contributed by atoms with Crippen molar-refractivity contribution in [2.75, 3.05) is 26.4 Å². The maximum absolute atomic E-state index is 12.5. The van der Waals surface area contributed by atoms with Crippen LogP contribution in [0, 0.1) is 47.3 Å². The smallest absolute Gasteiger partial charge is 0.430 e. The molecule has 0 aromatic carbocycles. The van der Waals surface area contributed by atoms with Gasteiger partial charge in [0.2, 0.25) is 0 Å². The Kier molecular flexibility index (Phi) is 5.74. The number of fused-ring (bicyclic) bond motifs is 10. The molecule has 2 heterocycles. The van der Waals surface area contributed by atoms with E-state index in [0.717, 1.165) is 12.8 Å². The fraction of sp³-hybridized carbons (Fsp3) is 0.583. The van der Waals surface area contributed by atoms with Gasteiger partial charge in [0.15, 0.2) is 0 Å². The Morgan fingerprint density at radius 3 is 1.24 bits per heavy atom. The van der Waals surface area contributed by atoms with E-state index in [1.165, 1.54) is 0 Å². The number of nitrogens with zero attached hydrogens (tertiary/aromatic N) is 2. The molecule has 0 aromatic rings. The highest BCUT2D eigenvalue weighted by molar-refractivity contribution is 6.06. The van der Waals surface area contributed by atoms with Gasteiger partial charge in [-0.25, -0.2) is 9.59 Å². The van der Waals surface area contributed by atoms with Crippen LogP contribution in [0.2, 0.25) is 0 Å². The molecule has 4 amide bonds. The maximum atomic E-state index is 12.5. The van der Waals surface area contributed by atoms with Crippen molar-refractivity contribution < 1.29 is 52.7 Å². The van der Waals surface area contributed by atoms with Crippen LogP contribution in [-0.4, -0.2) is 72.5 Å². The number of ether oxygens (including phenoxy) is 3. The van der Waals surface area contributed by atoms with Crippen LogP contribution in [0.5, 0.6) is 0 Å². The average Bonchev–Trinajstić information content (AvgIpc) is 3.72. The topological polar surface area (TPSA) is 155 Å². The van der Waals surface area contributed by atoms with Crippen LogP contribution < -0.4 is 0 Å². The van der Waals surface area contributed by atoms with Crippen LogP contribution in [0.15, 0.2) is 24.3 Å². The molecule has 4 aliphatic carbocycles. The molecule has 0 N–H and O–H groups in total. The molecule has 4 bridgehead atoms. The van der Waals surface area contributed by atoms with Crippen molar-refractivity contribution in [3.63, 3.8) is 0 Å². The summed E-state index contributed by atoms with van der Waals surface area (Å²) >= 11 is 0. The molecular weight excluding hydrogens is 492 g/mol. The Morgan fingerprint density at radius 1 is 0.595 bits per heavy atom. The van der Waals surface area contributed by atoms with Crippen molar-refractivity contribution in [1.82, 2.24) is 10.1 Å². The Morgan fingerprint density at radius 2 is 0.919 bits per heavy atom. The molecule has 6 aliphatic rings. The van der Waals surface area contributed by atoms with Gasteiger partial charge in [0.25, 0.3) is 23.6 Å². The molecule has 37 heavy (non-hydrogen) atoms. The molecule has 8 unspecified atom stereocenters. The Bertz CT molecular complexity index is 986. The van der Waals surface area contributed by atoms with Gasteiger partial charge in [-0.15, -0.1) is 0 Å². The largest absolute Gasteiger partial charge is 0.534 e. The summed E-state index contributed by atoms with van der Waals surface area (Å²) in [7, 11) is 0. The molecule has 0 aromatic heterocycles. The SMILES string of the molecule is O=C(OCCOCCOC(=O)ON1C(=O)C2C3C=CC(C3)C2C1=O)ON1C(=O)C2C3C=CC(C3)C2C1=O. The van der Waals surface area contributed by atoms with Crippen molar-refractivity contribution in [3.8, 4) is 0 Å². The molecule has 196 valence electrons. The molecule has 13 nitrogen and oxygen atoms in total. The number of allylic oxidation sites excluding steroid dienone is 4. The first-order chi connectivity index (χ1) is 17.8. The summed E-state index contributed by atoms with van der Waals surface area (Å²) in [6.45, 7) is -0.655. The van der Waals surface area contributed by atoms with Gasteiger partial charge in [0.1, 0.15) is 13.2 Å². The third-order valence-electron chi connectivity index (χ3n) is 8.09. The zero-order chi connectivity index (χ0) is 25.8. The molecule has 2 saturated heterocycles. The molecule has 0 radical (unpaired) electrons. The van der Waals surface area contributed by atoms with E-state index in [4.69, 9.17) is 23.9 Å². The fourth-order valence-corrected chi connectivity index (χ4v) is 6.60. The summed E-state index contributed by atoms with van der Waals surface area (Å²) in [5.41, 5.74) is 0. The number of hydrogen-bond acceptors (Lipinski definition) is 11. The van der Waals surface area contributed by atoms with Gasteiger partial charge < -0.3 is 14.2 Å². The minimum Gasteiger partial charge on any atom is -0.430 e. The number of hydroxylamine groups is 4. The molecule has 4 fully saturated rings. The fourth-order valence-electron chi connectivity index (χ4n) is 6.60. The molecule has 2 aliphatic heterocycles. The van der Waals surface area contributed by atoms with E-state index in [1.807, 2.05) is 24.3 Å². The number of imide groups is 2. The lowest BCUT2D eigenvalue weighted by Crippen LogP contribution is -2.36. The molecule has 8 atom stereocenters. The lowest BCUT2D eigenvalue weighted by molar-refractivity contribution is -0.180. The third kappa shape index (κ3) is 3.79. The van der Waals surface area contributed by atoms with Gasteiger partial charge in [-0.3, -0.25) is 28.9 Å². The molecule has 6 rings (SSSR count). The number of carbonyl (C=O) groups excluding carboxylic acids is 6. The third-order valence-corrected chi connectivity index (χ3v) is 8.09. The number of rotatable bonds is 8. The quantitative estimate of drug-likeness (QED) is 0.194. The normalized spacial score (nSPS) is 36.0. The van der Waals surface area contributed by atoms with E-state index < -0.39 is 59.6 Å². The molecule has 13 heteroatoms. The van der Waals surface area contributed by atoms with Crippen molar-refractivity contribution in [1.29, 1.82) is 0 Å². The van der Waals surface area contributed by atoms with Crippen LogP contribution in [-0.2, 0) is 43.1 Å². The lowest BCUT2D eigenvalue weighted by Gasteiger charge is -2.16. The summed E-state index contributed by atoms with van der Waals surface area (Å²) in [5, 5.41) is 0.989. The van der Waals surface area contributed by atoms with Gasteiger partial charge >= 0.3 is 12.3 Å². The van der Waals surface area contributed by atoms with E-state index in [0.29, 0.717) is 10.1 Å². The lowest BCUT2D eigenvalue weighted by atomic mass is 9.85. The number of amides is 4. The van der Waals surface area contributed by atoms with Crippen molar-refractivity contribution in [2.24, 2.45) is 47.3 Å². The van der Waals surface area contributed by atoms with Gasteiger partial charge in [0.05, 0.1) is 36.9 Å². The second-order valence-electron chi connectivity index (χ2n) is 9.93. The zero-order valence-electron chi connectivity index (χ0n) is 19.6. The second-order valence-corrected chi connectivity index (χ2v) is 9.93. The predicted molar refractivity (Wildman–Crippen MR) is 115 cm³/mol. The molecular formula is C24H24N2O11. The van der Waals surface area contributed by atoms with Crippen LogP contribution in [0.1, 0.15) is 12.8 Å². The zero-order valence-corrected chi connectivity index (χ0v) is 19.6. The minimum atomic E-state index is -1.21. The van der Waals surface area contributed by atoms with Crippen LogP contribution >= 0.6 is 0 Å². The monoisotopic (exact) mass is 516 g/mol. The first-order valence-electron chi connectivity index (χ1n) is 12.2. The summed E-state index contributed by atoms with van der Waals surface area (Å²) in [6, 6.07) is 0. The van der Waals surface area contributed by atoms with Gasteiger partial charge in [-0.05, 0) is 36.5 Å². The standard InChI is InChI=1S/C24H24N2O11/c27-19-15-11-1-2-12(9-11)16(15)20(28)25(19)36-23(31)34-7-5-33-6-8-35-24(32)37-26-21(29)17-13-3-4-14(10-13)18(17)22(26)30/h1-4,11-18H,5-10H2. The summed E-state index contributed by atoms with van der Waals surface area (Å²) in [5.74, 6) is -4.11. The number of carbonyl (C=O) groups is 6. The van der Waals surface area contributed by atoms with Crippen LogP contribution in [0.3, 0.4) is 0 Å². The van der Waals surface area contributed by atoms with E-state index in [-0.39, 0.29) is 50.1 Å². The Hall–Kier alpha value is -3.74. The van der Waals surface area contributed by atoms with Crippen molar-refractivity contribution in [3.05, 3.63) is 24.3 Å². The first-order valence-corrected chi connectivity index (χ1v) is 12.2. The highest BCUT2D eigenvalue weighted by atomic mass is 16.8. The highest BCUT2D eigenvalue weighted by Crippen LogP contribution is 2.53. The predicted octanol–water partition coefficient (Wildman–Crippen LogP) is 0.754. The molecule has 2 saturated carbocycles. The average molecular weight is 516 g/mol. The van der Waals surface area contributed by atoms with Gasteiger partial charge in [-0.1, -0.05) is 34.4 Å². The van der Waals surface area contributed by atoms with Crippen molar-refractivity contribution in [2.45, 2.75) is 12.8 Å². The van der Waals surface area contributed by atoms with E-state index in [2.05, 4.69) is 0 Å².